The summed E-state index contributed by atoms with van der Waals surface area (Å²) in [5.41, 5.74) is 2.37. The molecule has 16 heavy (non-hydrogen) atoms. The molecule has 0 amide bonds. The Morgan fingerprint density at radius 2 is 2.12 bits per heavy atom. The Bertz CT molecular complexity index is 488. The Labute approximate surface area is 94.7 Å². The molecule has 2 rings (SSSR count). The van der Waals surface area contributed by atoms with Crippen LogP contribution < -0.4 is 5.32 Å². The van der Waals surface area contributed by atoms with Crippen molar-refractivity contribution in [2.24, 2.45) is 7.05 Å². The van der Waals surface area contributed by atoms with Crippen LogP contribution in [0.2, 0.25) is 0 Å². The Hall–Kier alpha value is -1.77. The molecule has 0 aliphatic heterocycles. The Balaban J connectivity index is 2.07. The van der Waals surface area contributed by atoms with Crippen molar-refractivity contribution in [3.05, 3.63) is 53.6 Å². The van der Waals surface area contributed by atoms with E-state index in [-0.39, 0.29) is 5.82 Å². The molecule has 2 nitrogen and oxygen atoms in total. The lowest BCUT2D eigenvalue weighted by Crippen LogP contribution is -2.01. The van der Waals surface area contributed by atoms with Crippen molar-refractivity contribution in [1.29, 1.82) is 0 Å². The van der Waals surface area contributed by atoms with Crippen molar-refractivity contribution in [3.8, 4) is 0 Å². The normalized spacial score (nSPS) is 10.4. The van der Waals surface area contributed by atoms with Gasteiger partial charge in [-0.25, -0.2) is 4.39 Å². The summed E-state index contributed by atoms with van der Waals surface area (Å²) in [6.45, 7) is 2.41. The maximum Gasteiger partial charge on any atom is 0.149 e. The molecule has 1 aromatic carbocycles. The van der Waals surface area contributed by atoms with Crippen LogP contribution >= 0.6 is 0 Å². The molecule has 1 aromatic heterocycles. The van der Waals surface area contributed by atoms with E-state index in [0.29, 0.717) is 17.8 Å². The van der Waals surface area contributed by atoms with Crippen LogP contribution in [0.5, 0.6) is 0 Å². The van der Waals surface area contributed by atoms with E-state index in [0.717, 1.165) is 5.56 Å². The van der Waals surface area contributed by atoms with Crippen molar-refractivity contribution < 1.29 is 4.39 Å². The van der Waals surface area contributed by atoms with Crippen LogP contribution in [0.1, 0.15) is 11.1 Å². The lowest BCUT2D eigenvalue weighted by molar-refractivity contribution is 0.621. The quantitative estimate of drug-likeness (QED) is 0.837. The second kappa shape index (κ2) is 4.39. The fourth-order valence-electron chi connectivity index (χ4n) is 1.65. The van der Waals surface area contributed by atoms with Crippen molar-refractivity contribution >= 4 is 5.69 Å². The number of rotatable bonds is 3. The third-order valence-corrected chi connectivity index (χ3v) is 2.57. The Morgan fingerprint density at radius 3 is 2.81 bits per heavy atom. The molecule has 0 aliphatic carbocycles. The highest BCUT2D eigenvalue weighted by Gasteiger charge is 2.03. The zero-order valence-electron chi connectivity index (χ0n) is 9.50. The molecule has 1 N–H and O–H groups in total. The Morgan fingerprint density at radius 1 is 1.31 bits per heavy atom. The number of halogens is 1. The average molecular weight is 218 g/mol. The molecule has 2 aromatic rings. The molecule has 0 aliphatic rings. The van der Waals surface area contributed by atoms with E-state index < -0.39 is 0 Å². The fraction of sp³-hybridized carbons (Fsp3) is 0.231. The van der Waals surface area contributed by atoms with Gasteiger partial charge in [0.25, 0.3) is 0 Å². The maximum atomic E-state index is 13.6. The van der Waals surface area contributed by atoms with Crippen LogP contribution in [0.15, 0.2) is 36.7 Å². The molecule has 0 spiro atoms. The predicted octanol–water partition coefficient (Wildman–Crippen LogP) is 3.08. The first-order chi connectivity index (χ1) is 7.66. The molecular weight excluding hydrogens is 203 g/mol. The molecule has 0 saturated carbocycles. The molecule has 1 heterocycles. The van der Waals surface area contributed by atoms with Gasteiger partial charge >= 0.3 is 0 Å². The summed E-state index contributed by atoms with van der Waals surface area (Å²) < 4.78 is 15.6. The molecule has 0 saturated heterocycles. The van der Waals surface area contributed by atoms with Gasteiger partial charge in [-0.2, -0.15) is 0 Å². The van der Waals surface area contributed by atoms with Crippen molar-refractivity contribution in [3.63, 3.8) is 0 Å². The third-order valence-electron chi connectivity index (χ3n) is 2.57. The summed E-state index contributed by atoms with van der Waals surface area (Å²) in [5.74, 6) is -0.168. The summed E-state index contributed by atoms with van der Waals surface area (Å²) >= 11 is 0. The molecule has 0 unspecified atom stereocenters. The average Bonchev–Trinajstić information content (AvgIpc) is 2.67. The van der Waals surface area contributed by atoms with E-state index in [1.807, 2.05) is 36.1 Å². The summed E-state index contributed by atoms with van der Waals surface area (Å²) in [4.78, 5) is 0. The van der Waals surface area contributed by atoms with Crippen LogP contribution in [0.4, 0.5) is 10.1 Å². The largest absolute Gasteiger partial charge is 0.379 e. The highest BCUT2D eigenvalue weighted by molar-refractivity contribution is 5.47. The van der Waals surface area contributed by atoms with E-state index in [1.54, 1.807) is 19.1 Å². The number of hydrogen-bond donors (Lipinski definition) is 1. The van der Waals surface area contributed by atoms with E-state index in [4.69, 9.17) is 0 Å². The number of aromatic nitrogens is 1. The van der Waals surface area contributed by atoms with Crippen LogP contribution in [-0.4, -0.2) is 4.57 Å². The smallest absolute Gasteiger partial charge is 0.149 e. The van der Waals surface area contributed by atoms with Gasteiger partial charge in [-0.05, 0) is 30.2 Å². The summed E-state index contributed by atoms with van der Waals surface area (Å²) in [5, 5.41) is 3.10. The standard InChI is InChI=1S/C13H15FN2/c1-10-4-3-5-12(13(10)14)15-8-11-6-7-16(2)9-11/h3-7,9,15H,8H2,1-2H3. The van der Waals surface area contributed by atoms with Gasteiger partial charge in [-0.1, -0.05) is 12.1 Å². The van der Waals surface area contributed by atoms with Gasteiger partial charge in [0.2, 0.25) is 0 Å². The van der Waals surface area contributed by atoms with E-state index in [9.17, 15) is 4.39 Å². The monoisotopic (exact) mass is 218 g/mol. The Kier molecular flexibility index (Phi) is 2.95. The van der Waals surface area contributed by atoms with Gasteiger partial charge < -0.3 is 9.88 Å². The lowest BCUT2D eigenvalue weighted by Gasteiger charge is -2.07. The highest BCUT2D eigenvalue weighted by Crippen LogP contribution is 2.17. The fourth-order valence-corrected chi connectivity index (χ4v) is 1.65. The molecule has 0 atom stereocenters. The predicted molar refractivity (Wildman–Crippen MR) is 63.9 cm³/mol. The first kappa shape index (κ1) is 10.7. The number of nitrogens with one attached hydrogen (secondary N) is 1. The number of nitrogens with zero attached hydrogens (tertiary/aromatic N) is 1. The van der Waals surface area contributed by atoms with E-state index in [1.165, 1.54) is 0 Å². The van der Waals surface area contributed by atoms with Gasteiger partial charge in [0.15, 0.2) is 0 Å². The van der Waals surface area contributed by atoms with Crippen LogP contribution in [0, 0.1) is 12.7 Å². The molecule has 0 bridgehead atoms. The summed E-state index contributed by atoms with van der Waals surface area (Å²) in [6.07, 6.45) is 3.99. The topological polar surface area (TPSA) is 17.0 Å². The molecule has 84 valence electrons. The van der Waals surface area contributed by atoms with Crippen LogP contribution in [-0.2, 0) is 13.6 Å². The second-order valence-corrected chi connectivity index (χ2v) is 3.98. The lowest BCUT2D eigenvalue weighted by atomic mass is 10.2. The van der Waals surface area contributed by atoms with Crippen LogP contribution in [0.25, 0.3) is 0 Å². The zero-order chi connectivity index (χ0) is 11.5. The van der Waals surface area contributed by atoms with Crippen LogP contribution in [0.3, 0.4) is 0 Å². The number of aryl methyl sites for hydroxylation is 2. The summed E-state index contributed by atoms with van der Waals surface area (Å²) in [6, 6.07) is 7.39. The van der Waals surface area contributed by atoms with Gasteiger partial charge in [-0.3, -0.25) is 0 Å². The van der Waals surface area contributed by atoms with Gasteiger partial charge in [-0.15, -0.1) is 0 Å². The molecule has 0 radical (unpaired) electrons. The number of hydrogen-bond acceptors (Lipinski definition) is 1. The molecule has 0 fully saturated rings. The van der Waals surface area contributed by atoms with Crippen molar-refractivity contribution in [1.82, 2.24) is 4.57 Å². The van der Waals surface area contributed by atoms with Gasteiger partial charge in [0.05, 0.1) is 5.69 Å². The van der Waals surface area contributed by atoms with Crippen molar-refractivity contribution in [2.75, 3.05) is 5.32 Å². The second-order valence-electron chi connectivity index (χ2n) is 3.98. The third kappa shape index (κ3) is 2.24. The molecular formula is C13H15FN2. The first-order valence-electron chi connectivity index (χ1n) is 5.26. The van der Waals surface area contributed by atoms with Crippen molar-refractivity contribution in [2.45, 2.75) is 13.5 Å². The minimum absolute atomic E-state index is 0.168. The van der Waals surface area contributed by atoms with Gasteiger partial charge in [0.1, 0.15) is 5.82 Å². The van der Waals surface area contributed by atoms with E-state index >= 15 is 0 Å². The highest BCUT2D eigenvalue weighted by atomic mass is 19.1. The summed E-state index contributed by atoms with van der Waals surface area (Å²) in [7, 11) is 1.97. The number of benzene rings is 1. The minimum Gasteiger partial charge on any atom is -0.379 e. The van der Waals surface area contributed by atoms with E-state index in [2.05, 4.69) is 5.32 Å². The maximum absolute atomic E-state index is 13.6. The van der Waals surface area contributed by atoms with Gasteiger partial charge in [0, 0.05) is 26.0 Å². The number of anilines is 1. The SMILES string of the molecule is Cc1cccc(NCc2ccn(C)c2)c1F. The zero-order valence-corrected chi connectivity index (χ0v) is 9.50. The molecule has 3 heteroatoms. The first-order valence-corrected chi connectivity index (χ1v) is 5.26. The minimum atomic E-state index is -0.168.